The van der Waals surface area contributed by atoms with Gasteiger partial charge in [-0.05, 0) is 18.6 Å². The van der Waals surface area contributed by atoms with Crippen molar-refractivity contribution in [3.8, 4) is 0 Å². The van der Waals surface area contributed by atoms with Gasteiger partial charge in [0, 0.05) is 13.6 Å². The average Bonchev–Trinajstić information content (AvgIpc) is 2.29. The van der Waals surface area contributed by atoms with E-state index in [2.05, 4.69) is 0 Å². The largest absolute Gasteiger partial charge is 0.392 e. The number of aliphatic hydroxyl groups excluding tert-OH is 1. The molecule has 0 aliphatic carbocycles. The van der Waals surface area contributed by atoms with E-state index in [0.29, 0.717) is 6.42 Å². The summed E-state index contributed by atoms with van der Waals surface area (Å²) in [5.41, 5.74) is 0. The molecule has 1 unspecified atom stereocenters. The normalized spacial score (nSPS) is 14.0. The molecule has 0 aliphatic heterocycles. The number of aliphatic hydroxyl groups is 1. The number of benzene rings is 1. The Kier molecular flexibility index (Phi) is 4.46. The summed E-state index contributed by atoms with van der Waals surface area (Å²) in [6.07, 6.45) is -0.0854. The van der Waals surface area contributed by atoms with Gasteiger partial charge in [0.05, 0.1) is 11.0 Å². The summed E-state index contributed by atoms with van der Waals surface area (Å²) >= 11 is 0. The van der Waals surface area contributed by atoms with E-state index in [1.54, 1.807) is 30.3 Å². The van der Waals surface area contributed by atoms with Gasteiger partial charge >= 0.3 is 0 Å². The first kappa shape index (κ1) is 13.2. The SMILES string of the molecule is CCC(O)CN(C)S(=O)(=O)c1ccccc1. The molecule has 0 heterocycles. The first-order valence-corrected chi connectivity index (χ1v) is 6.62. The molecule has 90 valence electrons. The van der Waals surface area contributed by atoms with Gasteiger partial charge in [-0.2, -0.15) is 4.31 Å². The van der Waals surface area contributed by atoms with Crippen molar-refractivity contribution in [2.45, 2.75) is 24.3 Å². The van der Waals surface area contributed by atoms with Gasteiger partial charge in [0.1, 0.15) is 0 Å². The second-order valence-corrected chi connectivity index (χ2v) is 5.71. The Bertz CT molecular complexity index is 416. The van der Waals surface area contributed by atoms with Crippen LogP contribution in [0.1, 0.15) is 13.3 Å². The van der Waals surface area contributed by atoms with E-state index in [4.69, 9.17) is 0 Å². The lowest BCUT2D eigenvalue weighted by atomic mass is 10.3. The van der Waals surface area contributed by atoms with E-state index in [1.165, 1.54) is 11.4 Å². The fourth-order valence-corrected chi connectivity index (χ4v) is 2.53. The minimum atomic E-state index is -3.47. The van der Waals surface area contributed by atoms with E-state index in [1.807, 2.05) is 6.92 Å². The first-order valence-electron chi connectivity index (χ1n) is 5.18. The summed E-state index contributed by atoms with van der Waals surface area (Å²) in [6, 6.07) is 8.21. The Morgan fingerprint density at radius 1 is 1.31 bits per heavy atom. The quantitative estimate of drug-likeness (QED) is 0.842. The maximum atomic E-state index is 12.0. The van der Waals surface area contributed by atoms with Crippen LogP contribution >= 0.6 is 0 Å². The number of likely N-dealkylation sites (N-methyl/N-ethyl adjacent to an activating group) is 1. The van der Waals surface area contributed by atoms with Gasteiger partial charge in [0.25, 0.3) is 0 Å². The summed E-state index contributed by atoms with van der Waals surface area (Å²) in [7, 11) is -2.00. The van der Waals surface area contributed by atoms with Crippen molar-refractivity contribution < 1.29 is 13.5 Å². The molecule has 0 bridgehead atoms. The lowest BCUT2D eigenvalue weighted by Crippen LogP contribution is -2.34. The Hall–Kier alpha value is -0.910. The molecule has 1 N–H and O–H groups in total. The van der Waals surface area contributed by atoms with Gasteiger partial charge in [0.15, 0.2) is 0 Å². The highest BCUT2D eigenvalue weighted by atomic mass is 32.2. The predicted octanol–water partition coefficient (Wildman–Crippen LogP) is 1.08. The molecule has 0 aromatic heterocycles. The maximum absolute atomic E-state index is 12.0. The lowest BCUT2D eigenvalue weighted by Gasteiger charge is -2.19. The molecule has 5 heteroatoms. The van der Waals surface area contributed by atoms with E-state index in [0.717, 1.165) is 0 Å². The molecule has 1 aromatic carbocycles. The molecule has 0 radical (unpaired) electrons. The molecule has 1 aromatic rings. The molecule has 1 atom stereocenters. The average molecular weight is 243 g/mol. The van der Waals surface area contributed by atoms with Crippen LogP contribution in [0, 0.1) is 0 Å². The summed E-state index contributed by atoms with van der Waals surface area (Å²) in [6.45, 7) is 1.93. The Morgan fingerprint density at radius 3 is 2.38 bits per heavy atom. The number of hydrogen-bond acceptors (Lipinski definition) is 3. The Labute approximate surface area is 96.6 Å². The van der Waals surface area contributed by atoms with Crippen molar-refractivity contribution >= 4 is 10.0 Å². The van der Waals surface area contributed by atoms with Crippen LogP contribution in [0.3, 0.4) is 0 Å². The zero-order chi connectivity index (χ0) is 12.2. The monoisotopic (exact) mass is 243 g/mol. The molecule has 1 rings (SSSR count). The molecule has 0 amide bonds. The number of nitrogens with zero attached hydrogens (tertiary/aromatic N) is 1. The first-order chi connectivity index (χ1) is 7.48. The molecule has 0 saturated heterocycles. The standard InChI is InChI=1S/C11H17NO3S/c1-3-10(13)9-12(2)16(14,15)11-7-5-4-6-8-11/h4-8,10,13H,3,9H2,1-2H3. The number of hydrogen-bond donors (Lipinski definition) is 1. The molecule has 0 spiro atoms. The highest BCUT2D eigenvalue weighted by Crippen LogP contribution is 2.13. The molecule has 0 saturated carbocycles. The fourth-order valence-electron chi connectivity index (χ4n) is 1.30. The lowest BCUT2D eigenvalue weighted by molar-refractivity contribution is 0.149. The zero-order valence-corrected chi connectivity index (χ0v) is 10.3. The predicted molar refractivity (Wildman–Crippen MR) is 62.6 cm³/mol. The second kappa shape index (κ2) is 5.43. The van der Waals surface area contributed by atoms with Gasteiger partial charge < -0.3 is 5.11 Å². The minimum absolute atomic E-state index is 0.119. The second-order valence-electron chi connectivity index (χ2n) is 3.66. The van der Waals surface area contributed by atoms with Crippen LogP contribution in [0.25, 0.3) is 0 Å². The van der Waals surface area contributed by atoms with E-state index in [9.17, 15) is 13.5 Å². The molecule has 0 aliphatic rings. The van der Waals surface area contributed by atoms with E-state index < -0.39 is 16.1 Å². The fraction of sp³-hybridized carbons (Fsp3) is 0.455. The van der Waals surface area contributed by atoms with Crippen molar-refractivity contribution in [3.05, 3.63) is 30.3 Å². The number of rotatable bonds is 5. The molecule has 4 nitrogen and oxygen atoms in total. The topological polar surface area (TPSA) is 57.6 Å². The third-order valence-corrected chi connectivity index (χ3v) is 4.23. The van der Waals surface area contributed by atoms with E-state index in [-0.39, 0.29) is 11.4 Å². The summed E-state index contributed by atoms with van der Waals surface area (Å²) in [5, 5.41) is 9.43. The minimum Gasteiger partial charge on any atom is -0.392 e. The van der Waals surface area contributed by atoms with Crippen molar-refractivity contribution in [2.24, 2.45) is 0 Å². The van der Waals surface area contributed by atoms with Crippen LogP contribution in [0.15, 0.2) is 35.2 Å². The van der Waals surface area contributed by atoms with Gasteiger partial charge in [-0.15, -0.1) is 0 Å². The third kappa shape index (κ3) is 3.04. The van der Waals surface area contributed by atoms with Crippen LogP contribution in [-0.2, 0) is 10.0 Å². The highest BCUT2D eigenvalue weighted by Gasteiger charge is 2.21. The van der Waals surface area contributed by atoms with Crippen LogP contribution in [-0.4, -0.2) is 37.5 Å². The van der Waals surface area contributed by atoms with Gasteiger partial charge in [-0.1, -0.05) is 25.1 Å². The third-order valence-electron chi connectivity index (χ3n) is 2.39. The molecular formula is C11H17NO3S. The van der Waals surface area contributed by atoms with Crippen LogP contribution in [0.4, 0.5) is 0 Å². The van der Waals surface area contributed by atoms with Gasteiger partial charge in [-0.3, -0.25) is 0 Å². The van der Waals surface area contributed by atoms with Crippen molar-refractivity contribution in [3.63, 3.8) is 0 Å². The Morgan fingerprint density at radius 2 is 1.88 bits per heavy atom. The summed E-state index contributed by atoms with van der Waals surface area (Å²) in [4.78, 5) is 0.251. The van der Waals surface area contributed by atoms with Crippen LogP contribution in [0.2, 0.25) is 0 Å². The van der Waals surface area contributed by atoms with Gasteiger partial charge in [-0.25, -0.2) is 8.42 Å². The molecule has 0 fully saturated rings. The smallest absolute Gasteiger partial charge is 0.242 e. The Balaban J connectivity index is 2.87. The zero-order valence-electron chi connectivity index (χ0n) is 9.50. The maximum Gasteiger partial charge on any atom is 0.242 e. The molecular weight excluding hydrogens is 226 g/mol. The van der Waals surface area contributed by atoms with Crippen LogP contribution < -0.4 is 0 Å². The highest BCUT2D eigenvalue weighted by molar-refractivity contribution is 7.89. The van der Waals surface area contributed by atoms with Gasteiger partial charge in [0.2, 0.25) is 10.0 Å². The van der Waals surface area contributed by atoms with Crippen LogP contribution in [0.5, 0.6) is 0 Å². The van der Waals surface area contributed by atoms with Crippen molar-refractivity contribution in [1.29, 1.82) is 0 Å². The summed E-state index contributed by atoms with van der Waals surface area (Å²) in [5.74, 6) is 0. The summed E-state index contributed by atoms with van der Waals surface area (Å²) < 4.78 is 25.2. The number of sulfonamides is 1. The molecule has 16 heavy (non-hydrogen) atoms. The van der Waals surface area contributed by atoms with Crippen molar-refractivity contribution in [2.75, 3.05) is 13.6 Å². The van der Waals surface area contributed by atoms with Crippen molar-refractivity contribution in [1.82, 2.24) is 4.31 Å². The van der Waals surface area contributed by atoms with E-state index >= 15 is 0 Å².